The maximum Gasteiger partial charge on any atom is 0.303 e. The van der Waals surface area contributed by atoms with Gasteiger partial charge >= 0.3 is 5.97 Å². The molecular weight excluding hydrogens is 303 g/mol. The second-order valence-corrected chi connectivity index (χ2v) is 4.96. The van der Waals surface area contributed by atoms with Crippen molar-refractivity contribution in [3.8, 4) is 5.69 Å². The van der Waals surface area contributed by atoms with Crippen molar-refractivity contribution in [2.45, 2.75) is 25.7 Å². The number of aliphatic carboxylic acids is 1. The molecule has 0 spiro atoms. The number of amides is 1. The van der Waals surface area contributed by atoms with Gasteiger partial charge in [-0.15, -0.1) is 5.10 Å². The Kier molecular flexibility index (Phi) is 5.79. The Bertz CT molecular complexity index is 670. The number of halogens is 1. The Labute approximate surface area is 132 Å². The third-order valence-electron chi connectivity index (χ3n) is 3.14. The first-order valence-corrected chi connectivity index (χ1v) is 7.24. The number of nitrogens with zero attached hydrogens (tertiary/aromatic N) is 3. The van der Waals surface area contributed by atoms with Crippen LogP contribution in [0.4, 0.5) is 4.39 Å². The van der Waals surface area contributed by atoms with Crippen molar-refractivity contribution < 1.29 is 19.1 Å². The molecule has 0 unspecified atom stereocenters. The zero-order valence-corrected chi connectivity index (χ0v) is 12.4. The molecule has 0 aliphatic carbocycles. The van der Waals surface area contributed by atoms with Crippen molar-refractivity contribution >= 4 is 11.9 Å². The molecule has 1 heterocycles. The summed E-state index contributed by atoms with van der Waals surface area (Å²) in [5.74, 6) is -1.52. The van der Waals surface area contributed by atoms with E-state index >= 15 is 0 Å². The van der Waals surface area contributed by atoms with Gasteiger partial charge in [-0.3, -0.25) is 9.59 Å². The standard InChI is InChI=1S/C15H17FN4O3/c16-11-5-7-12(8-6-11)20-18-10-13(19-20)15(23)17-9-3-1-2-4-14(21)22/h5-8,10H,1-4,9H2,(H,17,23)(H,21,22). The number of carbonyl (C=O) groups excluding carboxylic acids is 1. The number of nitrogens with one attached hydrogen (secondary N) is 1. The van der Waals surface area contributed by atoms with Crippen LogP contribution in [0.1, 0.15) is 36.2 Å². The van der Waals surface area contributed by atoms with Crippen molar-refractivity contribution in [3.63, 3.8) is 0 Å². The van der Waals surface area contributed by atoms with Gasteiger partial charge in [0, 0.05) is 13.0 Å². The molecule has 7 nitrogen and oxygen atoms in total. The van der Waals surface area contributed by atoms with Gasteiger partial charge in [0.25, 0.3) is 5.91 Å². The molecule has 1 aromatic carbocycles. The number of hydrogen-bond donors (Lipinski definition) is 2. The SMILES string of the molecule is O=C(O)CCCCCNC(=O)c1cnn(-c2ccc(F)cc2)n1. The lowest BCUT2D eigenvalue weighted by Gasteiger charge is -2.02. The van der Waals surface area contributed by atoms with Gasteiger partial charge in [0.05, 0.1) is 11.9 Å². The molecule has 122 valence electrons. The Balaban J connectivity index is 1.79. The largest absolute Gasteiger partial charge is 0.481 e. The van der Waals surface area contributed by atoms with E-state index in [4.69, 9.17) is 5.11 Å². The number of carbonyl (C=O) groups is 2. The first kappa shape index (κ1) is 16.6. The minimum Gasteiger partial charge on any atom is -0.481 e. The van der Waals surface area contributed by atoms with Crippen molar-refractivity contribution in [2.75, 3.05) is 6.54 Å². The van der Waals surface area contributed by atoms with Crippen LogP contribution in [0.15, 0.2) is 30.5 Å². The topological polar surface area (TPSA) is 97.1 Å². The summed E-state index contributed by atoms with van der Waals surface area (Å²) in [6, 6.07) is 5.60. The van der Waals surface area contributed by atoms with Crippen LogP contribution in [0, 0.1) is 5.82 Å². The Hall–Kier alpha value is -2.77. The van der Waals surface area contributed by atoms with E-state index in [-0.39, 0.29) is 23.8 Å². The summed E-state index contributed by atoms with van der Waals surface area (Å²) in [6.07, 6.45) is 3.50. The smallest absolute Gasteiger partial charge is 0.303 e. The van der Waals surface area contributed by atoms with Gasteiger partial charge in [-0.2, -0.15) is 9.90 Å². The molecule has 2 N–H and O–H groups in total. The van der Waals surface area contributed by atoms with Gasteiger partial charge in [0.2, 0.25) is 0 Å². The van der Waals surface area contributed by atoms with E-state index in [0.717, 1.165) is 6.42 Å². The third-order valence-corrected chi connectivity index (χ3v) is 3.14. The van der Waals surface area contributed by atoms with Crippen LogP contribution in [-0.2, 0) is 4.79 Å². The van der Waals surface area contributed by atoms with Crippen LogP contribution >= 0.6 is 0 Å². The van der Waals surface area contributed by atoms with Gasteiger partial charge < -0.3 is 10.4 Å². The van der Waals surface area contributed by atoms with Gasteiger partial charge in [-0.05, 0) is 37.1 Å². The molecule has 0 bridgehead atoms. The van der Waals surface area contributed by atoms with Crippen LogP contribution in [-0.4, -0.2) is 38.5 Å². The molecule has 0 aliphatic rings. The van der Waals surface area contributed by atoms with Crippen LogP contribution in [0.25, 0.3) is 5.69 Å². The fourth-order valence-corrected chi connectivity index (χ4v) is 1.94. The average Bonchev–Trinajstić information content (AvgIpc) is 3.01. The second kappa shape index (κ2) is 8.02. The first-order chi connectivity index (χ1) is 11.1. The highest BCUT2D eigenvalue weighted by atomic mass is 19.1. The molecule has 0 aliphatic heterocycles. The summed E-state index contributed by atoms with van der Waals surface area (Å²) < 4.78 is 12.9. The minimum atomic E-state index is -0.813. The van der Waals surface area contributed by atoms with Crippen molar-refractivity contribution in [2.24, 2.45) is 0 Å². The monoisotopic (exact) mass is 320 g/mol. The number of aromatic nitrogens is 3. The highest BCUT2D eigenvalue weighted by molar-refractivity contribution is 5.91. The van der Waals surface area contributed by atoms with Gasteiger partial charge in [0.1, 0.15) is 5.82 Å². The minimum absolute atomic E-state index is 0.139. The molecule has 23 heavy (non-hydrogen) atoms. The molecule has 0 saturated heterocycles. The summed E-state index contributed by atoms with van der Waals surface area (Å²) >= 11 is 0. The number of unbranched alkanes of at least 4 members (excludes halogenated alkanes) is 2. The van der Waals surface area contributed by atoms with E-state index in [1.165, 1.54) is 35.3 Å². The summed E-state index contributed by atoms with van der Waals surface area (Å²) in [7, 11) is 0. The van der Waals surface area contributed by atoms with Crippen LogP contribution in [0.3, 0.4) is 0 Å². The molecule has 0 saturated carbocycles. The Morgan fingerprint density at radius 2 is 1.91 bits per heavy atom. The molecule has 8 heteroatoms. The quantitative estimate of drug-likeness (QED) is 0.723. The molecule has 0 radical (unpaired) electrons. The first-order valence-electron chi connectivity index (χ1n) is 7.24. The molecular formula is C15H17FN4O3. The predicted octanol–water partition coefficient (Wildman–Crippen LogP) is 1.78. The van der Waals surface area contributed by atoms with E-state index < -0.39 is 5.97 Å². The van der Waals surface area contributed by atoms with Crippen molar-refractivity contribution in [1.29, 1.82) is 0 Å². The molecule has 1 aromatic heterocycles. The summed E-state index contributed by atoms with van der Waals surface area (Å²) in [5, 5.41) is 19.2. The molecule has 0 fully saturated rings. The predicted molar refractivity (Wildman–Crippen MR) is 79.8 cm³/mol. The maximum absolute atomic E-state index is 12.9. The maximum atomic E-state index is 12.9. The summed E-state index contributed by atoms with van der Waals surface area (Å²) in [4.78, 5) is 23.5. The number of rotatable bonds is 8. The summed E-state index contributed by atoms with van der Waals surface area (Å²) in [6.45, 7) is 0.446. The van der Waals surface area contributed by atoms with E-state index in [9.17, 15) is 14.0 Å². The van der Waals surface area contributed by atoms with Crippen molar-refractivity contribution in [3.05, 3.63) is 42.0 Å². The highest BCUT2D eigenvalue weighted by Crippen LogP contribution is 2.07. The third kappa shape index (κ3) is 5.17. The second-order valence-electron chi connectivity index (χ2n) is 4.96. The number of carboxylic acid groups (broad SMARTS) is 1. The summed E-state index contributed by atoms with van der Waals surface area (Å²) in [5.41, 5.74) is 0.721. The number of benzene rings is 1. The molecule has 1 amide bonds. The number of carboxylic acids is 1. The fraction of sp³-hybridized carbons (Fsp3) is 0.333. The van der Waals surface area contributed by atoms with Crippen LogP contribution < -0.4 is 5.32 Å². The Morgan fingerprint density at radius 3 is 2.61 bits per heavy atom. The van der Waals surface area contributed by atoms with E-state index in [1.807, 2.05) is 0 Å². The highest BCUT2D eigenvalue weighted by Gasteiger charge is 2.11. The van der Waals surface area contributed by atoms with Crippen molar-refractivity contribution in [1.82, 2.24) is 20.3 Å². The van der Waals surface area contributed by atoms with Gasteiger partial charge in [0.15, 0.2) is 5.69 Å². The van der Waals surface area contributed by atoms with Gasteiger partial charge in [-0.25, -0.2) is 4.39 Å². The molecule has 2 aromatic rings. The zero-order valence-electron chi connectivity index (χ0n) is 12.4. The van der Waals surface area contributed by atoms with E-state index in [1.54, 1.807) is 0 Å². The van der Waals surface area contributed by atoms with E-state index in [2.05, 4.69) is 15.5 Å². The molecule has 2 rings (SSSR count). The lowest BCUT2D eigenvalue weighted by Crippen LogP contribution is -2.25. The van der Waals surface area contributed by atoms with E-state index in [0.29, 0.717) is 25.1 Å². The van der Waals surface area contributed by atoms with Crippen LogP contribution in [0.2, 0.25) is 0 Å². The van der Waals surface area contributed by atoms with Gasteiger partial charge in [-0.1, -0.05) is 6.42 Å². The van der Waals surface area contributed by atoms with Crippen LogP contribution in [0.5, 0.6) is 0 Å². The fourth-order valence-electron chi connectivity index (χ4n) is 1.94. The lowest BCUT2D eigenvalue weighted by atomic mass is 10.2. The molecule has 0 atom stereocenters. The lowest BCUT2D eigenvalue weighted by molar-refractivity contribution is -0.137. The number of hydrogen-bond acceptors (Lipinski definition) is 4. The zero-order chi connectivity index (χ0) is 16.7. The Morgan fingerprint density at radius 1 is 1.17 bits per heavy atom. The average molecular weight is 320 g/mol. The normalized spacial score (nSPS) is 10.5.